The smallest absolute Gasteiger partial charge is 0.410 e. The molecule has 0 spiro atoms. The van der Waals surface area contributed by atoms with Crippen LogP contribution in [-0.4, -0.2) is 103 Å². The van der Waals surface area contributed by atoms with Crippen molar-refractivity contribution in [1.29, 1.82) is 0 Å². The Bertz CT molecular complexity index is 1130. The Morgan fingerprint density at radius 1 is 1.11 bits per heavy atom. The van der Waals surface area contributed by atoms with Crippen LogP contribution in [-0.2, 0) is 19.5 Å². The molecular formula is C26H37F2N3O6S. The van der Waals surface area contributed by atoms with Crippen molar-refractivity contribution in [2.75, 3.05) is 46.0 Å². The first-order chi connectivity index (χ1) is 17.9. The SMILES string of the molecule is CC(C)(CO)N1CCN(C(=O)OC2([C@H]3COC[C@@H](CC4CC4)N3S(=O)(=O)c3cc(F)cc(F)c3)CC2)CC1. The summed E-state index contributed by atoms with van der Waals surface area (Å²) in [6.07, 6.45) is 3.03. The highest BCUT2D eigenvalue weighted by Gasteiger charge is 2.61. The predicted octanol–water partition coefficient (Wildman–Crippen LogP) is 2.58. The molecule has 1 N–H and O–H groups in total. The van der Waals surface area contributed by atoms with Gasteiger partial charge >= 0.3 is 6.09 Å². The Balaban J connectivity index is 1.37. The molecule has 1 amide bonds. The number of hydrogen-bond donors (Lipinski definition) is 1. The average Bonchev–Trinajstić information content (AvgIpc) is 3.81. The number of piperazine rings is 1. The number of amides is 1. The van der Waals surface area contributed by atoms with Gasteiger partial charge in [-0.05, 0) is 51.2 Å². The van der Waals surface area contributed by atoms with Crippen molar-refractivity contribution in [3.05, 3.63) is 29.8 Å². The molecule has 0 aromatic heterocycles. The number of aliphatic hydroxyl groups is 1. The summed E-state index contributed by atoms with van der Waals surface area (Å²) in [6, 6.07) is 0.993. The van der Waals surface area contributed by atoms with Crippen LogP contribution < -0.4 is 0 Å². The fourth-order valence-electron chi connectivity index (χ4n) is 5.63. The van der Waals surface area contributed by atoms with Crippen molar-refractivity contribution in [2.45, 2.75) is 74.1 Å². The van der Waals surface area contributed by atoms with Crippen molar-refractivity contribution < 1.29 is 36.6 Å². The standard InChI is InChI=1S/C26H37F2N3O6S/c1-25(2,17-32)30-9-7-29(8-10-30)24(33)37-26(5-6-26)23-16-36-15-21(11-18-3-4-18)31(23)38(34,35)22-13-19(27)12-20(28)14-22/h12-14,18,21,23,32H,3-11,15-17H2,1-2H3/t21-,23-/m1/s1. The monoisotopic (exact) mass is 557 g/mol. The van der Waals surface area contributed by atoms with Crippen molar-refractivity contribution in [3.63, 3.8) is 0 Å². The number of sulfonamides is 1. The number of benzene rings is 1. The van der Waals surface area contributed by atoms with Gasteiger partial charge in [-0.3, -0.25) is 4.90 Å². The molecule has 5 rings (SSSR count). The summed E-state index contributed by atoms with van der Waals surface area (Å²) in [5, 5.41) is 9.66. The van der Waals surface area contributed by atoms with E-state index >= 15 is 0 Å². The topological polar surface area (TPSA) is 99.6 Å². The quantitative estimate of drug-likeness (QED) is 0.525. The number of morpholine rings is 1. The van der Waals surface area contributed by atoms with Crippen LogP contribution in [0.15, 0.2) is 23.1 Å². The van der Waals surface area contributed by atoms with Crippen molar-refractivity contribution >= 4 is 16.1 Å². The maximum absolute atomic E-state index is 14.0. The van der Waals surface area contributed by atoms with Crippen LogP contribution in [0.2, 0.25) is 0 Å². The third-order valence-corrected chi connectivity index (χ3v) is 10.3. The number of ether oxygens (including phenoxy) is 2. The van der Waals surface area contributed by atoms with Crippen LogP contribution in [0.4, 0.5) is 13.6 Å². The normalized spacial score (nSPS) is 26.8. The number of halogens is 2. The van der Waals surface area contributed by atoms with E-state index in [1.807, 2.05) is 13.8 Å². The molecule has 9 nitrogen and oxygen atoms in total. The minimum atomic E-state index is -4.32. The highest BCUT2D eigenvalue weighted by molar-refractivity contribution is 7.89. The fourth-order valence-corrected chi connectivity index (χ4v) is 7.53. The molecule has 12 heteroatoms. The lowest BCUT2D eigenvalue weighted by atomic mass is 10.0. The van der Waals surface area contributed by atoms with Crippen LogP contribution in [0.1, 0.15) is 46.0 Å². The highest BCUT2D eigenvalue weighted by Crippen LogP contribution is 2.49. The maximum Gasteiger partial charge on any atom is 0.410 e. The van der Waals surface area contributed by atoms with Crippen LogP contribution >= 0.6 is 0 Å². The molecule has 4 fully saturated rings. The van der Waals surface area contributed by atoms with Gasteiger partial charge in [0.15, 0.2) is 0 Å². The van der Waals surface area contributed by atoms with E-state index in [2.05, 4.69) is 4.90 Å². The van der Waals surface area contributed by atoms with E-state index in [4.69, 9.17) is 9.47 Å². The fraction of sp³-hybridized carbons (Fsp3) is 0.731. The molecule has 0 radical (unpaired) electrons. The number of aliphatic hydroxyl groups excluding tert-OH is 1. The van der Waals surface area contributed by atoms with Gasteiger partial charge in [0.2, 0.25) is 10.0 Å². The third-order valence-electron chi connectivity index (χ3n) is 8.39. The zero-order valence-electron chi connectivity index (χ0n) is 21.9. The molecule has 2 atom stereocenters. The lowest BCUT2D eigenvalue weighted by molar-refractivity contribution is -0.0762. The first kappa shape index (κ1) is 27.7. The molecule has 0 bridgehead atoms. The molecule has 2 aliphatic carbocycles. The zero-order chi connectivity index (χ0) is 27.3. The van der Waals surface area contributed by atoms with E-state index in [0.29, 0.717) is 57.4 Å². The summed E-state index contributed by atoms with van der Waals surface area (Å²) < 4.78 is 69.1. The molecule has 2 aliphatic heterocycles. The summed E-state index contributed by atoms with van der Waals surface area (Å²) in [5.41, 5.74) is -1.45. The molecule has 1 aromatic rings. The Hall–Kier alpha value is -1.86. The van der Waals surface area contributed by atoms with Gasteiger partial charge in [-0.2, -0.15) is 4.31 Å². The Labute approximate surface area is 222 Å². The summed E-state index contributed by atoms with van der Waals surface area (Å²) in [4.78, 5) is 16.5. The van der Waals surface area contributed by atoms with E-state index in [0.717, 1.165) is 25.0 Å². The second kappa shape index (κ2) is 10.3. The van der Waals surface area contributed by atoms with Gasteiger partial charge < -0.3 is 19.5 Å². The first-order valence-electron chi connectivity index (χ1n) is 13.4. The minimum Gasteiger partial charge on any atom is -0.441 e. The van der Waals surface area contributed by atoms with Gasteiger partial charge in [-0.25, -0.2) is 22.0 Å². The van der Waals surface area contributed by atoms with Gasteiger partial charge in [0.1, 0.15) is 17.2 Å². The maximum atomic E-state index is 14.0. The van der Waals surface area contributed by atoms with E-state index in [1.54, 1.807) is 4.90 Å². The number of carbonyl (C=O) groups is 1. The van der Waals surface area contributed by atoms with Gasteiger partial charge in [-0.1, -0.05) is 12.8 Å². The summed E-state index contributed by atoms with van der Waals surface area (Å²) >= 11 is 0. The largest absolute Gasteiger partial charge is 0.441 e. The lowest BCUT2D eigenvalue weighted by Crippen LogP contribution is -2.62. The Morgan fingerprint density at radius 2 is 1.74 bits per heavy atom. The summed E-state index contributed by atoms with van der Waals surface area (Å²) in [5.74, 6) is -1.56. The molecule has 1 aromatic carbocycles. The van der Waals surface area contributed by atoms with E-state index < -0.39 is 55.9 Å². The third kappa shape index (κ3) is 5.56. The second-order valence-corrected chi connectivity index (χ2v) is 13.5. The molecule has 2 saturated heterocycles. The zero-order valence-corrected chi connectivity index (χ0v) is 22.8. The van der Waals surface area contributed by atoms with Crippen LogP contribution in [0, 0.1) is 17.6 Å². The average molecular weight is 558 g/mol. The van der Waals surface area contributed by atoms with E-state index in [1.165, 1.54) is 4.31 Å². The molecular weight excluding hydrogens is 520 g/mol. The molecule has 2 heterocycles. The van der Waals surface area contributed by atoms with E-state index in [-0.39, 0.29) is 19.8 Å². The van der Waals surface area contributed by atoms with Gasteiger partial charge in [0, 0.05) is 43.8 Å². The lowest BCUT2D eigenvalue weighted by Gasteiger charge is -2.45. The minimum absolute atomic E-state index is 0.00375. The highest BCUT2D eigenvalue weighted by atomic mass is 32.2. The van der Waals surface area contributed by atoms with Crippen molar-refractivity contribution in [2.24, 2.45) is 5.92 Å². The van der Waals surface area contributed by atoms with Crippen molar-refractivity contribution in [1.82, 2.24) is 14.1 Å². The Kier molecular flexibility index (Phi) is 7.49. The van der Waals surface area contributed by atoms with Gasteiger partial charge in [0.25, 0.3) is 0 Å². The summed E-state index contributed by atoms with van der Waals surface area (Å²) in [7, 11) is -4.32. The second-order valence-electron chi connectivity index (χ2n) is 11.7. The molecule has 4 aliphatic rings. The molecule has 2 saturated carbocycles. The van der Waals surface area contributed by atoms with E-state index in [9.17, 15) is 27.1 Å². The van der Waals surface area contributed by atoms with Crippen LogP contribution in [0.5, 0.6) is 0 Å². The summed E-state index contributed by atoms with van der Waals surface area (Å²) in [6.45, 7) is 6.11. The Morgan fingerprint density at radius 3 is 2.29 bits per heavy atom. The number of nitrogens with zero attached hydrogens (tertiary/aromatic N) is 3. The van der Waals surface area contributed by atoms with Gasteiger partial charge in [0.05, 0.1) is 30.8 Å². The van der Waals surface area contributed by atoms with Crippen LogP contribution in [0.3, 0.4) is 0 Å². The van der Waals surface area contributed by atoms with Crippen molar-refractivity contribution in [3.8, 4) is 0 Å². The molecule has 0 unspecified atom stereocenters. The molecule has 38 heavy (non-hydrogen) atoms. The number of hydrogen-bond acceptors (Lipinski definition) is 7. The number of carbonyl (C=O) groups excluding carboxylic acids is 1. The predicted molar refractivity (Wildman–Crippen MR) is 134 cm³/mol. The number of rotatable bonds is 8. The van der Waals surface area contributed by atoms with Gasteiger partial charge in [-0.15, -0.1) is 0 Å². The first-order valence-corrected chi connectivity index (χ1v) is 14.8. The molecule has 212 valence electrons. The van der Waals surface area contributed by atoms with Crippen LogP contribution in [0.25, 0.3) is 0 Å².